The van der Waals surface area contributed by atoms with Gasteiger partial charge in [0.15, 0.2) is 5.06 Å². The number of ether oxygens (including phenoxy) is 1. The third-order valence-electron chi connectivity index (χ3n) is 2.91. The van der Waals surface area contributed by atoms with Gasteiger partial charge in [-0.15, -0.1) is 23.2 Å². The van der Waals surface area contributed by atoms with Crippen LogP contribution in [0.5, 0.6) is 0 Å². The van der Waals surface area contributed by atoms with E-state index in [1.165, 1.54) is 13.8 Å². The highest BCUT2D eigenvalue weighted by Gasteiger charge is 2.48. The molecule has 0 heterocycles. The van der Waals surface area contributed by atoms with Gasteiger partial charge in [0.05, 0.1) is 10.8 Å². The Morgan fingerprint density at radius 1 is 1.41 bits per heavy atom. The summed E-state index contributed by atoms with van der Waals surface area (Å²) in [5.74, 6) is 0. The van der Waals surface area contributed by atoms with Gasteiger partial charge < -0.3 is 4.74 Å². The quantitative estimate of drug-likeness (QED) is 0.454. The standard InChI is InChI=1S/C10H16Cl3NO3/c1-9(2,14(15)16)6-17-10(13)7(11)4-3-5-8(10)12/h7-8H,3-6H2,1-2H3. The van der Waals surface area contributed by atoms with E-state index in [0.717, 1.165) is 6.42 Å². The molecular formula is C10H16Cl3NO3. The van der Waals surface area contributed by atoms with Gasteiger partial charge in [-0.3, -0.25) is 10.1 Å². The van der Waals surface area contributed by atoms with E-state index in [-0.39, 0.29) is 6.61 Å². The fourth-order valence-electron chi connectivity index (χ4n) is 1.59. The van der Waals surface area contributed by atoms with Crippen molar-refractivity contribution in [3.05, 3.63) is 10.1 Å². The summed E-state index contributed by atoms with van der Waals surface area (Å²) in [6.45, 7) is 2.83. The van der Waals surface area contributed by atoms with Crippen LogP contribution >= 0.6 is 34.8 Å². The normalized spacial score (nSPS) is 34.6. The first kappa shape index (κ1) is 15.3. The van der Waals surface area contributed by atoms with Gasteiger partial charge in [-0.2, -0.15) is 0 Å². The molecule has 1 rings (SSSR count). The molecule has 0 aromatic rings. The Bertz CT molecular complexity index is 289. The van der Waals surface area contributed by atoms with Gasteiger partial charge in [-0.1, -0.05) is 18.0 Å². The van der Waals surface area contributed by atoms with Gasteiger partial charge in [0.1, 0.15) is 6.61 Å². The van der Waals surface area contributed by atoms with Crippen LogP contribution in [0.2, 0.25) is 0 Å². The minimum Gasteiger partial charge on any atom is -0.349 e. The summed E-state index contributed by atoms with van der Waals surface area (Å²) < 4.78 is 5.48. The summed E-state index contributed by atoms with van der Waals surface area (Å²) >= 11 is 18.5. The Hall–Kier alpha value is 0.230. The average Bonchev–Trinajstić information content (AvgIpc) is 2.23. The molecule has 0 spiro atoms. The molecule has 7 heteroatoms. The van der Waals surface area contributed by atoms with Crippen molar-refractivity contribution < 1.29 is 9.66 Å². The van der Waals surface area contributed by atoms with Crippen LogP contribution in [0.15, 0.2) is 0 Å². The fourth-order valence-corrected chi connectivity index (χ4v) is 2.66. The van der Waals surface area contributed by atoms with Crippen molar-refractivity contribution >= 4 is 34.8 Å². The average molecular weight is 305 g/mol. The van der Waals surface area contributed by atoms with Crippen molar-refractivity contribution in [1.82, 2.24) is 0 Å². The zero-order valence-corrected chi connectivity index (χ0v) is 12.1. The fraction of sp³-hybridized carbons (Fsp3) is 1.00. The summed E-state index contributed by atoms with van der Waals surface area (Å²) in [5, 5.41) is 8.71. The van der Waals surface area contributed by atoms with E-state index in [9.17, 15) is 10.1 Å². The molecular weight excluding hydrogens is 288 g/mol. The van der Waals surface area contributed by atoms with Gasteiger partial charge in [0, 0.05) is 18.8 Å². The summed E-state index contributed by atoms with van der Waals surface area (Å²) in [5.41, 5.74) is -1.20. The van der Waals surface area contributed by atoms with Crippen LogP contribution in [0.25, 0.3) is 0 Å². The summed E-state index contributed by atoms with van der Waals surface area (Å²) in [4.78, 5) is 10.4. The molecule has 0 amide bonds. The summed E-state index contributed by atoms with van der Waals surface area (Å²) in [7, 11) is 0. The van der Waals surface area contributed by atoms with Gasteiger partial charge in [0.2, 0.25) is 5.54 Å². The molecule has 2 atom stereocenters. The Labute approximate surface area is 116 Å². The highest BCUT2D eigenvalue weighted by atomic mass is 35.5. The number of rotatable bonds is 4. The second kappa shape index (κ2) is 5.47. The molecule has 0 radical (unpaired) electrons. The SMILES string of the molecule is CC(C)(COC1(Cl)C(Cl)CCCC1Cl)[N+](=O)[O-]. The van der Waals surface area contributed by atoms with Gasteiger partial charge in [0.25, 0.3) is 0 Å². The highest BCUT2D eigenvalue weighted by Crippen LogP contribution is 2.42. The van der Waals surface area contributed by atoms with Gasteiger partial charge >= 0.3 is 0 Å². The maximum atomic E-state index is 10.8. The Balaban J connectivity index is 2.68. The van der Waals surface area contributed by atoms with E-state index < -0.39 is 26.3 Å². The van der Waals surface area contributed by atoms with Crippen LogP contribution in [-0.2, 0) is 4.74 Å². The lowest BCUT2D eigenvalue weighted by Crippen LogP contribution is -2.51. The first-order chi connectivity index (χ1) is 7.70. The van der Waals surface area contributed by atoms with Crippen LogP contribution in [-0.4, -0.2) is 32.9 Å². The molecule has 2 unspecified atom stereocenters. The molecule has 0 saturated heterocycles. The molecule has 0 N–H and O–H groups in total. The Kier molecular flexibility index (Phi) is 4.92. The lowest BCUT2D eigenvalue weighted by atomic mass is 9.95. The summed E-state index contributed by atoms with van der Waals surface area (Å²) in [6, 6.07) is 0. The first-order valence-electron chi connectivity index (χ1n) is 5.45. The number of hydrogen-bond acceptors (Lipinski definition) is 3. The molecule has 1 saturated carbocycles. The maximum Gasteiger partial charge on any atom is 0.239 e. The van der Waals surface area contributed by atoms with E-state index in [4.69, 9.17) is 39.5 Å². The Morgan fingerprint density at radius 2 is 1.88 bits per heavy atom. The summed E-state index contributed by atoms with van der Waals surface area (Å²) in [6.07, 6.45) is 2.29. The lowest BCUT2D eigenvalue weighted by Gasteiger charge is -2.40. The van der Waals surface area contributed by atoms with Crippen LogP contribution in [0.1, 0.15) is 33.1 Å². The first-order valence-corrected chi connectivity index (χ1v) is 6.71. The molecule has 0 aliphatic heterocycles. The lowest BCUT2D eigenvalue weighted by molar-refractivity contribution is -0.565. The smallest absolute Gasteiger partial charge is 0.239 e. The zero-order valence-electron chi connectivity index (χ0n) is 9.79. The topological polar surface area (TPSA) is 52.4 Å². The molecule has 1 aliphatic carbocycles. The number of alkyl halides is 3. The highest BCUT2D eigenvalue weighted by molar-refractivity contribution is 6.37. The van der Waals surface area contributed by atoms with E-state index in [1.54, 1.807) is 0 Å². The number of halogens is 3. The van der Waals surface area contributed by atoms with Crippen LogP contribution < -0.4 is 0 Å². The second-order valence-corrected chi connectivity index (χ2v) is 6.57. The van der Waals surface area contributed by atoms with E-state index >= 15 is 0 Å². The van der Waals surface area contributed by atoms with Crippen molar-refractivity contribution in [2.24, 2.45) is 0 Å². The number of hydrogen-bond donors (Lipinski definition) is 0. The number of nitro groups is 1. The molecule has 4 nitrogen and oxygen atoms in total. The van der Waals surface area contributed by atoms with Crippen molar-refractivity contribution in [1.29, 1.82) is 0 Å². The molecule has 0 bridgehead atoms. The third kappa shape index (κ3) is 3.37. The van der Waals surface area contributed by atoms with Crippen molar-refractivity contribution in [2.75, 3.05) is 6.61 Å². The van der Waals surface area contributed by atoms with Crippen LogP contribution in [0, 0.1) is 10.1 Å². The monoisotopic (exact) mass is 303 g/mol. The molecule has 1 aliphatic rings. The molecule has 17 heavy (non-hydrogen) atoms. The van der Waals surface area contributed by atoms with Crippen LogP contribution in [0.3, 0.4) is 0 Å². The molecule has 1 fully saturated rings. The van der Waals surface area contributed by atoms with Gasteiger partial charge in [-0.25, -0.2) is 0 Å². The molecule has 0 aromatic carbocycles. The van der Waals surface area contributed by atoms with E-state index in [2.05, 4.69) is 0 Å². The zero-order chi connectivity index (χ0) is 13.3. The molecule has 0 aromatic heterocycles. The number of nitrogens with zero attached hydrogens (tertiary/aromatic N) is 1. The van der Waals surface area contributed by atoms with E-state index in [0.29, 0.717) is 12.8 Å². The van der Waals surface area contributed by atoms with Crippen molar-refractivity contribution in [3.63, 3.8) is 0 Å². The largest absolute Gasteiger partial charge is 0.349 e. The second-order valence-electron chi connectivity index (χ2n) is 4.92. The Morgan fingerprint density at radius 3 is 2.29 bits per heavy atom. The van der Waals surface area contributed by atoms with E-state index in [1.807, 2.05) is 0 Å². The predicted octanol–water partition coefficient (Wildman–Crippen LogP) is 3.39. The van der Waals surface area contributed by atoms with Crippen molar-refractivity contribution in [3.8, 4) is 0 Å². The molecule has 100 valence electrons. The third-order valence-corrected chi connectivity index (χ3v) is 4.85. The van der Waals surface area contributed by atoms with Gasteiger partial charge in [-0.05, 0) is 12.8 Å². The van der Waals surface area contributed by atoms with Crippen molar-refractivity contribution in [2.45, 2.75) is 54.5 Å². The maximum absolute atomic E-state index is 10.8. The van der Waals surface area contributed by atoms with Crippen LogP contribution in [0.4, 0.5) is 0 Å². The predicted molar refractivity (Wildman–Crippen MR) is 68.7 cm³/mol. The minimum absolute atomic E-state index is 0.115. The minimum atomic E-state index is -1.21.